The van der Waals surface area contributed by atoms with Crippen LogP contribution >= 0.6 is 0 Å². The Hall–Kier alpha value is -4.01. The molecule has 27 heavy (non-hydrogen) atoms. The van der Waals surface area contributed by atoms with Crippen molar-refractivity contribution >= 4 is 35.0 Å². The Bertz CT molecular complexity index is 976. The van der Waals surface area contributed by atoms with Gasteiger partial charge in [-0.2, -0.15) is 0 Å². The number of carbonyl (C=O) groups excluding carboxylic acids is 2. The van der Waals surface area contributed by atoms with Gasteiger partial charge < -0.3 is 21.7 Å². The van der Waals surface area contributed by atoms with E-state index in [1.54, 1.807) is 48.8 Å². The lowest BCUT2D eigenvalue weighted by atomic mass is 10.1. The molecule has 0 aliphatic carbocycles. The molecule has 0 atom stereocenters. The molecule has 0 spiro atoms. The minimum absolute atomic E-state index is 0.302. The first-order chi connectivity index (χ1) is 13.1. The van der Waals surface area contributed by atoms with Gasteiger partial charge in [0.25, 0.3) is 11.8 Å². The molecule has 1 aromatic carbocycles. The zero-order chi connectivity index (χ0) is 19.2. The first kappa shape index (κ1) is 17.8. The molecule has 2 heterocycles. The van der Waals surface area contributed by atoms with E-state index in [1.165, 1.54) is 13.2 Å². The van der Waals surface area contributed by atoms with Crippen molar-refractivity contribution in [3.8, 4) is 0 Å². The number of primary amides is 1. The van der Waals surface area contributed by atoms with Gasteiger partial charge in [-0.1, -0.05) is 12.1 Å². The van der Waals surface area contributed by atoms with Crippen molar-refractivity contribution < 1.29 is 9.59 Å². The molecule has 3 aromatic rings. The third-order valence-electron chi connectivity index (χ3n) is 3.64. The standard InChI is InChI=1S/C18H17N7O2/c1-20-17(27)12-10-23-15(25-18-21-7-4-8-22-18)9-14(12)24-13-6-3-2-5-11(13)16(19)26/h2-10H,1H3,(H2,19,26)(H,20,27)(H2,21,22,23,24,25). The number of anilines is 4. The van der Waals surface area contributed by atoms with Gasteiger partial charge >= 0.3 is 0 Å². The molecule has 0 aliphatic rings. The second-order valence-corrected chi connectivity index (χ2v) is 5.43. The zero-order valence-corrected chi connectivity index (χ0v) is 14.4. The highest BCUT2D eigenvalue weighted by molar-refractivity contribution is 6.03. The number of aromatic nitrogens is 3. The summed E-state index contributed by atoms with van der Waals surface area (Å²) in [5.41, 5.74) is 6.95. The third kappa shape index (κ3) is 4.15. The number of rotatable bonds is 6. The van der Waals surface area contributed by atoms with Crippen LogP contribution in [0.4, 0.5) is 23.1 Å². The summed E-state index contributed by atoms with van der Waals surface area (Å²) >= 11 is 0. The Labute approximate surface area is 155 Å². The quantitative estimate of drug-likeness (QED) is 0.524. The molecule has 136 valence electrons. The molecule has 0 unspecified atom stereocenters. The fourth-order valence-corrected chi connectivity index (χ4v) is 2.37. The highest BCUT2D eigenvalue weighted by Gasteiger charge is 2.15. The van der Waals surface area contributed by atoms with E-state index in [1.807, 2.05) is 0 Å². The van der Waals surface area contributed by atoms with Crippen LogP contribution in [0.25, 0.3) is 0 Å². The topological polar surface area (TPSA) is 135 Å². The van der Waals surface area contributed by atoms with E-state index in [0.717, 1.165) is 0 Å². The summed E-state index contributed by atoms with van der Waals surface area (Å²) in [6.45, 7) is 0. The van der Waals surface area contributed by atoms with Crippen molar-refractivity contribution in [2.24, 2.45) is 5.73 Å². The number of hydrogen-bond acceptors (Lipinski definition) is 7. The Morgan fingerprint density at radius 3 is 2.37 bits per heavy atom. The van der Waals surface area contributed by atoms with E-state index in [2.05, 4.69) is 30.9 Å². The summed E-state index contributed by atoms with van der Waals surface area (Å²) in [7, 11) is 1.52. The summed E-state index contributed by atoms with van der Waals surface area (Å²) < 4.78 is 0. The fourth-order valence-electron chi connectivity index (χ4n) is 2.37. The predicted octanol–water partition coefficient (Wildman–Crippen LogP) is 1.82. The van der Waals surface area contributed by atoms with Crippen LogP contribution in [0.15, 0.2) is 55.0 Å². The summed E-state index contributed by atoms with van der Waals surface area (Å²) in [5, 5.41) is 8.59. The van der Waals surface area contributed by atoms with E-state index in [9.17, 15) is 9.59 Å². The SMILES string of the molecule is CNC(=O)c1cnc(Nc2ncccn2)cc1Nc1ccccc1C(N)=O. The number of carbonyl (C=O) groups is 2. The van der Waals surface area contributed by atoms with Gasteiger partial charge in [-0.05, 0) is 18.2 Å². The molecule has 2 aromatic heterocycles. The van der Waals surface area contributed by atoms with E-state index in [-0.39, 0.29) is 5.91 Å². The first-order valence-electron chi connectivity index (χ1n) is 8.00. The van der Waals surface area contributed by atoms with Crippen molar-refractivity contribution in [1.82, 2.24) is 20.3 Å². The number of benzene rings is 1. The largest absolute Gasteiger partial charge is 0.366 e. The van der Waals surface area contributed by atoms with E-state index >= 15 is 0 Å². The van der Waals surface area contributed by atoms with Crippen molar-refractivity contribution in [1.29, 1.82) is 0 Å². The molecule has 0 fully saturated rings. The van der Waals surface area contributed by atoms with Gasteiger partial charge in [0, 0.05) is 31.7 Å². The van der Waals surface area contributed by atoms with Gasteiger partial charge in [-0.3, -0.25) is 9.59 Å². The number of para-hydroxylation sites is 1. The van der Waals surface area contributed by atoms with Crippen LogP contribution in [0.1, 0.15) is 20.7 Å². The highest BCUT2D eigenvalue weighted by Crippen LogP contribution is 2.26. The molecule has 9 nitrogen and oxygen atoms in total. The maximum Gasteiger partial charge on any atom is 0.254 e. The Kier molecular flexibility index (Phi) is 5.22. The molecule has 5 N–H and O–H groups in total. The average Bonchev–Trinajstić information content (AvgIpc) is 2.69. The Morgan fingerprint density at radius 1 is 0.926 bits per heavy atom. The van der Waals surface area contributed by atoms with Gasteiger partial charge in [0.2, 0.25) is 5.95 Å². The lowest BCUT2D eigenvalue weighted by molar-refractivity contribution is 0.0962. The second-order valence-electron chi connectivity index (χ2n) is 5.43. The van der Waals surface area contributed by atoms with Crippen LogP contribution < -0.4 is 21.7 Å². The molecule has 3 rings (SSSR count). The zero-order valence-electron chi connectivity index (χ0n) is 14.4. The number of nitrogens with zero attached hydrogens (tertiary/aromatic N) is 3. The number of amides is 2. The monoisotopic (exact) mass is 363 g/mol. The normalized spacial score (nSPS) is 10.1. The van der Waals surface area contributed by atoms with Gasteiger partial charge in [-0.25, -0.2) is 15.0 Å². The third-order valence-corrected chi connectivity index (χ3v) is 3.64. The van der Waals surface area contributed by atoms with Crippen LogP contribution in [0.3, 0.4) is 0 Å². The van der Waals surface area contributed by atoms with Crippen LogP contribution in [-0.2, 0) is 0 Å². The number of nitrogens with two attached hydrogens (primary N) is 1. The second kappa shape index (κ2) is 7.91. The predicted molar refractivity (Wildman–Crippen MR) is 101 cm³/mol. The maximum absolute atomic E-state index is 12.2. The Balaban J connectivity index is 1.99. The van der Waals surface area contributed by atoms with Gasteiger partial charge in [0.05, 0.1) is 22.5 Å². The van der Waals surface area contributed by atoms with E-state index in [4.69, 9.17) is 5.73 Å². The maximum atomic E-state index is 12.2. The fraction of sp³-hybridized carbons (Fsp3) is 0.0556. The molecule has 0 aliphatic heterocycles. The molecular formula is C18H17N7O2. The van der Waals surface area contributed by atoms with Crippen molar-refractivity contribution in [2.75, 3.05) is 17.7 Å². The van der Waals surface area contributed by atoms with Crippen LogP contribution in [0.5, 0.6) is 0 Å². The first-order valence-corrected chi connectivity index (χ1v) is 8.00. The summed E-state index contributed by atoms with van der Waals surface area (Å²) in [5.74, 6) is -0.122. The number of hydrogen-bond donors (Lipinski definition) is 4. The van der Waals surface area contributed by atoms with Gasteiger partial charge in [-0.15, -0.1) is 0 Å². The highest BCUT2D eigenvalue weighted by atomic mass is 16.2. The van der Waals surface area contributed by atoms with Crippen molar-refractivity contribution in [2.45, 2.75) is 0 Å². The molecule has 0 radical (unpaired) electrons. The molecule has 0 saturated carbocycles. The van der Waals surface area contributed by atoms with Gasteiger partial charge in [0.15, 0.2) is 0 Å². The minimum Gasteiger partial charge on any atom is -0.366 e. The van der Waals surface area contributed by atoms with Gasteiger partial charge in [0.1, 0.15) is 5.82 Å². The summed E-state index contributed by atoms with van der Waals surface area (Å²) in [6, 6.07) is 10.1. The number of nitrogens with one attached hydrogen (secondary N) is 3. The summed E-state index contributed by atoms with van der Waals surface area (Å²) in [6.07, 6.45) is 4.60. The lowest BCUT2D eigenvalue weighted by Crippen LogP contribution is -2.20. The average molecular weight is 363 g/mol. The van der Waals surface area contributed by atoms with Crippen molar-refractivity contribution in [3.63, 3.8) is 0 Å². The van der Waals surface area contributed by atoms with Crippen LogP contribution in [0, 0.1) is 0 Å². The molecule has 9 heteroatoms. The molecule has 2 amide bonds. The summed E-state index contributed by atoms with van der Waals surface area (Å²) in [4.78, 5) is 36.2. The van der Waals surface area contributed by atoms with Crippen LogP contribution in [0.2, 0.25) is 0 Å². The van der Waals surface area contributed by atoms with E-state index < -0.39 is 5.91 Å². The van der Waals surface area contributed by atoms with Crippen LogP contribution in [-0.4, -0.2) is 33.8 Å². The van der Waals surface area contributed by atoms with E-state index in [0.29, 0.717) is 34.3 Å². The van der Waals surface area contributed by atoms with Crippen molar-refractivity contribution in [3.05, 3.63) is 66.1 Å². The molecule has 0 saturated heterocycles. The lowest BCUT2D eigenvalue weighted by Gasteiger charge is -2.14. The smallest absolute Gasteiger partial charge is 0.254 e. The Morgan fingerprint density at radius 2 is 1.67 bits per heavy atom. The minimum atomic E-state index is -0.579. The molecular weight excluding hydrogens is 346 g/mol. The molecule has 0 bridgehead atoms. The number of pyridine rings is 1.